The highest BCUT2D eigenvalue weighted by Crippen LogP contribution is 2.02. The summed E-state index contributed by atoms with van der Waals surface area (Å²) in [6.07, 6.45) is 2.48. The lowest BCUT2D eigenvalue weighted by Gasteiger charge is -2.10. The summed E-state index contributed by atoms with van der Waals surface area (Å²) >= 11 is 0. The normalized spacial score (nSPS) is 10.9. The summed E-state index contributed by atoms with van der Waals surface area (Å²) in [5.41, 5.74) is 0.707. The SMILES string of the molecule is CC=C(CC)C(=O)ON(C)C.Cl. The fourth-order valence-electron chi connectivity index (χ4n) is 0.691. The number of rotatable bonds is 3. The van der Waals surface area contributed by atoms with Crippen molar-refractivity contribution in [1.82, 2.24) is 5.06 Å². The van der Waals surface area contributed by atoms with Crippen LogP contribution in [0.4, 0.5) is 0 Å². The smallest absolute Gasteiger partial charge is 0.352 e. The number of hydrogen-bond donors (Lipinski definition) is 0. The predicted octanol–water partition coefficient (Wildman–Crippen LogP) is 1.78. The van der Waals surface area contributed by atoms with Gasteiger partial charge >= 0.3 is 5.97 Å². The van der Waals surface area contributed by atoms with Gasteiger partial charge in [0.05, 0.1) is 0 Å². The van der Waals surface area contributed by atoms with Crippen LogP contribution in [0.1, 0.15) is 20.3 Å². The second-order valence-electron chi connectivity index (χ2n) is 2.36. The van der Waals surface area contributed by atoms with Crippen molar-refractivity contribution in [2.45, 2.75) is 20.3 Å². The molecule has 72 valence electrons. The zero-order valence-corrected chi connectivity index (χ0v) is 8.77. The summed E-state index contributed by atoms with van der Waals surface area (Å²) in [5, 5.41) is 1.39. The van der Waals surface area contributed by atoms with Gasteiger partial charge in [0.15, 0.2) is 0 Å². The first-order valence-electron chi connectivity index (χ1n) is 3.66. The largest absolute Gasteiger partial charge is 0.365 e. The number of hydrogen-bond acceptors (Lipinski definition) is 3. The Bertz CT molecular complexity index is 166. The molecule has 0 spiro atoms. The number of carbonyl (C=O) groups excluding carboxylic acids is 1. The first kappa shape index (κ1) is 14.0. The molecule has 0 amide bonds. The molecule has 0 fully saturated rings. The highest BCUT2D eigenvalue weighted by atomic mass is 35.5. The Hall–Kier alpha value is -0.540. The molecule has 12 heavy (non-hydrogen) atoms. The Morgan fingerprint density at radius 1 is 1.50 bits per heavy atom. The molecule has 0 aliphatic carbocycles. The molecule has 0 aromatic heterocycles. The lowest BCUT2D eigenvalue weighted by molar-refractivity contribution is -0.173. The molecule has 0 aromatic rings. The molecular weight excluding hydrogens is 178 g/mol. The van der Waals surface area contributed by atoms with Crippen LogP contribution in [0.5, 0.6) is 0 Å². The number of halogens is 1. The molecule has 3 nitrogen and oxygen atoms in total. The highest BCUT2D eigenvalue weighted by Gasteiger charge is 2.08. The number of nitrogens with zero attached hydrogens (tertiary/aromatic N) is 1. The fraction of sp³-hybridized carbons (Fsp3) is 0.625. The van der Waals surface area contributed by atoms with Crippen molar-refractivity contribution >= 4 is 18.4 Å². The van der Waals surface area contributed by atoms with Crippen LogP contribution in [0.3, 0.4) is 0 Å². The summed E-state index contributed by atoms with van der Waals surface area (Å²) < 4.78 is 0. The molecule has 0 atom stereocenters. The Morgan fingerprint density at radius 2 is 2.00 bits per heavy atom. The monoisotopic (exact) mass is 193 g/mol. The molecule has 0 radical (unpaired) electrons. The molecule has 0 bridgehead atoms. The van der Waals surface area contributed by atoms with Crippen molar-refractivity contribution in [3.05, 3.63) is 11.6 Å². The van der Waals surface area contributed by atoms with E-state index in [4.69, 9.17) is 4.84 Å². The average Bonchev–Trinajstić information content (AvgIpc) is 1.88. The average molecular weight is 194 g/mol. The lowest BCUT2D eigenvalue weighted by Crippen LogP contribution is -2.19. The van der Waals surface area contributed by atoms with Crippen LogP contribution < -0.4 is 0 Å². The Morgan fingerprint density at radius 3 is 2.25 bits per heavy atom. The first-order valence-corrected chi connectivity index (χ1v) is 3.66. The number of carbonyl (C=O) groups is 1. The Labute approximate surface area is 79.7 Å². The number of allylic oxidation sites excluding steroid dienone is 1. The van der Waals surface area contributed by atoms with Gasteiger partial charge in [-0.15, -0.1) is 17.5 Å². The molecular formula is C8H16ClNO2. The van der Waals surface area contributed by atoms with Gasteiger partial charge in [-0.2, -0.15) is 0 Å². The van der Waals surface area contributed by atoms with Gasteiger partial charge in [0.1, 0.15) is 0 Å². The van der Waals surface area contributed by atoms with E-state index in [1.165, 1.54) is 5.06 Å². The maximum atomic E-state index is 11.1. The minimum Gasteiger partial charge on any atom is -0.365 e. The third-order valence-electron chi connectivity index (χ3n) is 1.26. The van der Waals surface area contributed by atoms with Crippen molar-refractivity contribution in [2.24, 2.45) is 0 Å². The van der Waals surface area contributed by atoms with Crippen LogP contribution in [-0.4, -0.2) is 25.1 Å². The van der Waals surface area contributed by atoms with Crippen molar-refractivity contribution in [2.75, 3.05) is 14.1 Å². The van der Waals surface area contributed by atoms with Gasteiger partial charge in [0.25, 0.3) is 0 Å². The molecule has 0 saturated carbocycles. The second kappa shape index (κ2) is 7.13. The molecule has 0 unspecified atom stereocenters. The standard InChI is InChI=1S/C8H15NO2.ClH/c1-5-7(6-2)8(10)11-9(3)4;/h5H,6H2,1-4H3;1H. The fourth-order valence-corrected chi connectivity index (χ4v) is 0.691. The third kappa shape index (κ3) is 5.16. The number of hydroxylamine groups is 2. The Balaban J connectivity index is 0. The van der Waals surface area contributed by atoms with Gasteiger partial charge in [0, 0.05) is 19.7 Å². The van der Waals surface area contributed by atoms with Crippen molar-refractivity contribution in [3.63, 3.8) is 0 Å². The topological polar surface area (TPSA) is 29.5 Å². The van der Waals surface area contributed by atoms with E-state index >= 15 is 0 Å². The molecule has 0 rings (SSSR count). The van der Waals surface area contributed by atoms with Gasteiger partial charge in [-0.25, -0.2) is 4.79 Å². The molecule has 0 aliphatic rings. The van der Waals surface area contributed by atoms with Crippen LogP contribution in [0.15, 0.2) is 11.6 Å². The highest BCUT2D eigenvalue weighted by molar-refractivity contribution is 5.87. The summed E-state index contributed by atoms with van der Waals surface area (Å²) in [6, 6.07) is 0. The van der Waals surface area contributed by atoms with E-state index in [2.05, 4.69) is 0 Å². The summed E-state index contributed by atoms with van der Waals surface area (Å²) in [7, 11) is 3.36. The predicted molar refractivity (Wildman–Crippen MR) is 51.1 cm³/mol. The van der Waals surface area contributed by atoms with Crippen LogP contribution in [0.2, 0.25) is 0 Å². The van der Waals surface area contributed by atoms with E-state index in [1.54, 1.807) is 20.2 Å². The van der Waals surface area contributed by atoms with Gasteiger partial charge in [-0.05, 0) is 13.3 Å². The first-order chi connectivity index (χ1) is 5.11. The minimum atomic E-state index is -0.264. The third-order valence-corrected chi connectivity index (χ3v) is 1.26. The van der Waals surface area contributed by atoms with Crippen LogP contribution >= 0.6 is 12.4 Å². The summed E-state index contributed by atoms with van der Waals surface area (Å²) in [4.78, 5) is 15.9. The second-order valence-corrected chi connectivity index (χ2v) is 2.36. The minimum absolute atomic E-state index is 0. The zero-order valence-electron chi connectivity index (χ0n) is 7.96. The molecule has 0 heterocycles. The van der Waals surface area contributed by atoms with Crippen LogP contribution in [0.25, 0.3) is 0 Å². The van der Waals surface area contributed by atoms with Crippen molar-refractivity contribution < 1.29 is 9.63 Å². The zero-order chi connectivity index (χ0) is 8.85. The van der Waals surface area contributed by atoms with E-state index in [0.29, 0.717) is 12.0 Å². The maximum Gasteiger partial charge on any atom is 0.352 e. The van der Waals surface area contributed by atoms with E-state index in [9.17, 15) is 4.79 Å². The molecule has 0 aromatic carbocycles. The lowest BCUT2D eigenvalue weighted by atomic mass is 10.2. The van der Waals surface area contributed by atoms with E-state index in [0.717, 1.165) is 0 Å². The van der Waals surface area contributed by atoms with Gasteiger partial charge in [-0.1, -0.05) is 13.0 Å². The Kier molecular flexibility index (Phi) is 8.32. The van der Waals surface area contributed by atoms with Crippen molar-refractivity contribution in [1.29, 1.82) is 0 Å². The maximum absolute atomic E-state index is 11.1. The van der Waals surface area contributed by atoms with E-state index in [-0.39, 0.29) is 18.4 Å². The molecule has 0 saturated heterocycles. The van der Waals surface area contributed by atoms with Gasteiger partial charge in [0.2, 0.25) is 0 Å². The summed E-state index contributed by atoms with van der Waals surface area (Å²) in [6.45, 7) is 3.75. The van der Waals surface area contributed by atoms with E-state index < -0.39 is 0 Å². The van der Waals surface area contributed by atoms with Gasteiger partial charge < -0.3 is 4.84 Å². The van der Waals surface area contributed by atoms with Crippen LogP contribution in [-0.2, 0) is 9.63 Å². The molecule has 4 heteroatoms. The quantitative estimate of drug-likeness (QED) is 0.506. The van der Waals surface area contributed by atoms with E-state index in [1.807, 2.05) is 13.8 Å². The van der Waals surface area contributed by atoms with Crippen molar-refractivity contribution in [3.8, 4) is 0 Å². The van der Waals surface area contributed by atoms with Gasteiger partial charge in [-0.3, -0.25) is 0 Å². The van der Waals surface area contributed by atoms with Crippen LogP contribution in [0, 0.1) is 0 Å². The molecule has 0 N–H and O–H groups in total. The summed E-state index contributed by atoms with van der Waals surface area (Å²) in [5.74, 6) is -0.264. The molecule has 0 aliphatic heterocycles.